The van der Waals surface area contributed by atoms with E-state index in [0.29, 0.717) is 48.5 Å². The summed E-state index contributed by atoms with van der Waals surface area (Å²) in [6.07, 6.45) is -29.0. The summed E-state index contributed by atoms with van der Waals surface area (Å²) in [5.74, 6) is -78.7. The number of esters is 10. The van der Waals surface area contributed by atoms with Crippen molar-refractivity contribution in [3.63, 3.8) is 0 Å². The van der Waals surface area contributed by atoms with Crippen LogP contribution in [0.15, 0.2) is 90.5 Å². The van der Waals surface area contributed by atoms with Gasteiger partial charge in [-0.3, -0.25) is 4.79 Å². The van der Waals surface area contributed by atoms with Gasteiger partial charge in [-0.1, -0.05) is 0 Å². The molecular weight excluding hydrogens is 1830 g/mol. The molecule has 0 amide bonds. The average molecular weight is 1890 g/mol. The first-order chi connectivity index (χ1) is 63.5. The zero-order valence-electron chi connectivity index (χ0n) is 66.0. The van der Waals surface area contributed by atoms with Crippen molar-refractivity contribution in [2.75, 3.05) is 13.2 Å². The Hall–Kier alpha value is -18.5. The summed E-state index contributed by atoms with van der Waals surface area (Å²) in [6.45, 7) is -3.37. The molecule has 2 saturated heterocycles. The Bertz CT molecular complexity index is 6730. The number of benzene rings is 9. The Morgan fingerprint density at radius 2 is 0.748 bits per heavy atom. The number of ketones is 1. The summed E-state index contributed by atoms with van der Waals surface area (Å²) >= 11 is 0. The Balaban J connectivity index is 0.895. The van der Waals surface area contributed by atoms with E-state index < -0.39 is 397 Å². The first-order valence-corrected chi connectivity index (χ1v) is 37.6. The van der Waals surface area contributed by atoms with Gasteiger partial charge in [0.2, 0.25) is 70.8 Å². The van der Waals surface area contributed by atoms with Crippen molar-refractivity contribution in [3.05, 3.63) is 146 Å². The number of aliphatic hydroxyl groups is 3. The molecule has 9 aromatic carbocycles. The van der Waals surface area contributed by atoms with Crippen LogP contribution in [0.25, 0.3) is 11.1 Å². The number of cyclic esters (lactones) is 1. The van der Waals surface area contributed by atoms with Crippen LogP contribution >= 0.6 is 0 Å². The fraction of sp³-hybridized carbons (Fsp3) is 0.183. The first kappa shape index (κ1) is 89.9. The maximum absolute atomic E-state index is 15.9. The van der Waals surface area contributed by atoms with Gasteiger partial charge in [-0.2, -0.15) is 0 Å². The van der Waals surface area contributed by atoms with Gasteiger partial charge in [-0.25, -0.2) is 47.9 Å². The Morgan fingerprint density at radius 3 is 1.27 bits per heavy atom. The van der Waals surface area contributed by atoms with Crippen LogP contribution < -0.4 is 14.2 Å². The van der Waals surface area contributed by atoms with Gasteiger partial charge in [-0.15, -0.1) is 0 Å². The van der Waals surface area contributed by atoms with E-state index >= 15 is 28.8 Å². The Morgan fingerprint density at radius 1 is 0.348 bits per heavy atom. The van der Waals surface area contributed by atoms with Gasteiger partial charge in [0.15, 0.2) is 151 Å². The molecule has 6 bridgehead atoms. The number of hydrogen-bond donors (Lipinski definition) is 27. The van der Waals surface area contributed by atoms with E-state index in [9.17, 15) is 162 Å². The molecule has 0 unspecified atom stereocenters. The minimum Gasteiger partial charge on any atom is -0.504 e. The van der Waals surface area contributed by atoms with Crippen LogP contribution in [0.5, 0.6) is 167 Å². The topological polar surface area (TPSA) is 872 Å². The van der Waals surface area contributed by atoms with Crippen molar-refractivity contribution in [1.29, 1.82) is 0 Å². The number of carbonyl (C=O) groups excluding carboxylic acids is 11. The highest BCUT2D eigenvalue weighted by Crippen LogP contribution is 2.62. The normalized spacial score (nSPS) is 22.5. The van der Waals surface area contributed by atoms with Crippen LogP contribution in [0.3, 0.4) is 0 Å². The van der Waals surface area contributed by atoms with Crippen molar-refractivity contribution in [2.24, 2.45) is 0 Å². The molecule has 16 rings (SSSR count). The zero-order valence-corrected chi connectivity index (χ0v) is 66.0. The minimum atomic E-state index is -4.23. The quantitative estimate of drug-likeness (QED) is 0.0420. The van der Waals surface area contributed by atoms with Crippen LogP contribution in [0.2, 0.25) is 0 Å². The van der Waals surface area contributed by atoms with Crippen molar-refractivity contribution in [1.82, 2.24) is 0 Å². The highest BCUT2D eigenvalue weighted by Gasteiger charge is 2.71. The van der Waals surface area contributed by atoms with E-state index in [1.54, 1.807) is 0 Å². The lowest BCUT2D eigenvalue weighted by Crippen LogP contribution is -2.70. The number of phenolic OH excluding ortho intramolecular Hbond substituents is 24. The van der Waals surface area contributed by atoms with Crippen LogP contribution in [0.1, 0.15) is 105 Å². The maximum atomic E-state index is 15.9. The lowest BCUT2D eigenvalue weighted by molar-refractivity contribution is -0.339. The third-order valence-corrected chi connectivity index (χ3v) is 21.6. The molecule has 7 aliphatic rings. The third kappa shape index (κ3) is 14.8. The number of hydrogen-bond acceptors (Lipinski definition) is 53. The van der Waals surface area contributed by atoms with Gasteiger partial charge in [0.25, 0.3) is 5.79 Å². The maximum Gasteiger partial charge on any atom is 0.344 e. The fourth-order valence-corrected chi connectivity index (χ4v) is 15.0. The standard InChI is InChI=1S/C82H56O53/c83-27-1-17(2-28(84)47(27)96)69(108)121-15-40-62(127-70(109)18-3-29(85)48(97)30(86)4-18)65(129-71(110)19-5-31(87)49(98)32(88)6-19)67-80(125-40)134-78(117)26-12-37(93)53(102)58(107)60(26)126-61-39(123-59-25(77(116)132-67)11-36(92)52(101)57(59)106)13-23-44(56(61)105)43-21(9-35(91)51(100)55(43)104)74(113)130-66-63-41(16-122-73(23)112)124-79(133-72(111)20-7-33(89)50(99)34(90)8-20)68(66)131-75(114)22-10-38(94)54(103)64-45(22)46-24(76(115)128-63)14-42(95)82(120,135-64)81(46,118)119/h1-14,40-41,46,62-63,65-68,79-80,83-94,96-107,118-120H,15-16H2/t40-,41-,46+,62-,63-,65+,66-,67-,68-,79+,80+,82+/m1/s1. The predicted molar refractivity (Wildman–Crippen MR) is 410 cm³/mol. The molecule has 53 heteroatoms. The Labute approximate surface area is 740 Å². The molecule has 6 heterocycles. The summed E-state index contributed by atoms with van der Waals surface area (Å²) in [5, 5.41) is 301. The van der Waals surface area contributed by atoms with E-state index in [4.69, 9.17) is 71.1 Å². The summed E-state index contributed by atoms with van der Waals surface area (Å²) in [6, 6.07) is 3.94. The van der Waals surface area contributed by atoms with Gasteiger partial charge in [0.05, 0.1) is 50.4 Å². The lowest BCUT2D eigenvalue weighted by Gasteiger charge is -2.49. The van der Waals surface area contributed by atoms with E-state index in [-0.39, 0.29) is 36.4 Å². The number of rotatable bonds is 9. The SMILES string of the molecule is O=C1O[C@H]2[C@H]3OC(=O)c4cc(O)c(O)c(O)c4-c4c(cc5c(c4O)Oc4c(cc(O)c(O)c4O)C(=O)O[C@@H]4O[C@H](COC(=O)c6cc(O)c(O)c(O)c6)[C@@H](OC(=O)c6cc(O)c(O)c(O)c6)[C@H](OC(=O)c6cc(O)c(O)c(O)c6)[C@H]4OC(=O)c4cc(O)c(O)c(O)c4O5)C(=O)OC[C@H]2O[C@@H](OC(=O)c2cc(O)c(O)c(O)c2)[C@@H]3OC(=O)c2cc(O)c(O)c3c2[C@@H]2C1=CC(=O)[C@](O)(O3)C2(O)O. The molecule has 135 heavy (non-hydrogen) atoms. The number of phenols is 24. The monoisotopic (exact) mass is 1890 g/mol. The number of fused-ring (bicyclic) bond motifs is 8. The lowest BCUT2D eigenvalue weighted by atomic mass is 9.70. The molecular formula is C82H56O53. The van der Waals surface area contributed by atoms with E-state index in [1.165, 1.54) is 0 Å². The molecule has 6 aliphatic heterocycles. The van der Waals surface area contributed by atoms with E-state index in [2.05, 4.69) is 0 Å². The summed E-state index contributed by atoms with van der Waals surface area (Å²) in [5.41, 5.74) is -17.7. The molecule has 0 aromatic heterocycles. The first-order valence-electron chi connectivity index (χ1n) is 37.6. The van der Waals surface area contributed by atoms with Gasteiger partial charge in [0.1, 0.15) is 36.5 Å². The molecule has 0 saturated carbocycles. The second kappa shape index (κ2) is 32.3. The smallest absolute Gasteiger partial charge is 0.344 e. The van der Waals surface area contributed by atoms with Crippen molar-refractivity contribution < 1.29 is 262 Å². The number of carbonyl (C=O) groups is 11. The van der Waals surface area contributed by atoms with Gasteiger partial charge < -0.3 is 209 Å². The van der Waals surface area contributed by atoms with Crippen LogP contribution in [0, 0.1) is 0 Å². The number of ether oxygens (including phenoxy) is 15. The molecule has 702 valence electrons. The van der Waals surface area contributed by atoms with Crippen LogP contribution in [-0.4, -0.2) is 290 Å². The highest BCUT2D eigenvalue weighted by molar-refractivity contribution is 6.11. The third-order valence-electron chi connectivity index (χ3n) is 21.6. The number of aromatic hydroxyl groups is 24. The Kier molecular flexibility index (Phi) is 21.5. The highest BCUT2D eigenvalue weighted by atomic mass is 16.8. The molecule has 27 N–H and O–H groups in total. The van der Waals surface area contributed by atoms with Crippen LogP contribution in [-0.2, 0) is 66.4 Å². The second-order valence-electron chi connectivity index (χ2n) is 29.8. The molecule has 0 radical (unpaired) electrons. The van der Waals surface area contributed by atoms with E-state index in [0.717, 1.165) is 0 Å². The van der Waals surface area contributed by atoms with Crippen molar-refractivity contribution >= 4 is 65.5 Å². The van der Waals surface area contributed by atoms with Gasteiger partial charge >= 0.3 is 65.5 Å². The second-order valence-corrected chi connectivity index (χ2v) is 29.8. The minimum absolute atomic E-state index is 0.0791. The average Bonchev–Trinajstić information content (AvgIpc) is 1.42. The summed E-state index contributed by atoms with van der Waals surface area (Å²) in [4.78, 5) is 165. The molecule has 9 aromatic rings. The largest absolute Gasteiger partial charge is 0.504 e. The molecule has 1 aliphatic carbocycles. The van der Waals surface area contributed by atoms with Gasteiger partial charge in [0, 0.05) is 34.9 Å². The summed E-state index contributed by atoms with van der Waals surface area (Å²) < 4.78 is 86.6. The predicted octanol–water partition coefficient (Wildman–Crippen LogP) is 1.38. The summed E-state index contributed by atoms with van der Waals surface area (Å²) in [7, 11) is 0. The van der Waals surface area contributed by atoms with Crippen molar-refractivity contribution in [2.45, 2.75) is 78.9 Å². The van der Waals surface area contributed by atoms with Gasteiger partial charge in [-0.05, 0) is 66.7 Å². The van der Waals surface area contributed by atoms with E-state index in [1.807, 2.05) is 0 Å². The molecule has 53 nitrogen and oxygen atoms in total. The van der Waals surface area contributed by atoms with Crippen LogP contribution in [0.4, 0.5) is 0 Å². The fourth-order valence-electron chi connectivity index (χ4n) is 15.0. The molecule has 12 atom stereocenters. The molecule has 2 fully saturated rings. The molecule has 0 spiro atoms. The zero-order chi connectivity index (χ0) is 97.9. The van der Waals surface area contributed by atoms with Crippen molar-refractivity contribution in [3.8, 4) is 178 Å².